The number of rotatable bonds is 10. The first-order chi connectivity index (χ1) is 15.8. The van der Waals surface area contributed by atoms with Crippen LogP contribution in [0.1, 0.15) is 12.0 Å². The highest BCUT2D eigenvalue weighted by atomic mass is 32.2. The number of nitrogens with two attached hydrogens (primary N) is 1. The van der Waals surface area contributed by atoms with Crippen molar-refractivity contribution in [2.24, 2.45) is 5.73 Å². The number of nitrogens with one attached hydrogen (secondary N) is 2. The summed E-state index contributed by atoms with van der Waals surface area (Å²) in [5, 5.41) is 0. The zero-order valence-electron chi connectivity index (χ0n) is 18.1. The van der Waals surface area contributed by atoms with E-state index in [9.17, 15) is 43.2 Å². The van der Waals surface area contributed by atoms with Crippen LogP contribution in [0.2, 0.25) is 0 Å². The van der Waals surface area contributed by atoms with Crippen LogP contribution in [-0.2, 0) is 41.4 Å². The number of hydrogen-bond donors (Lipinski definition) is 3. The van der Waals surface area contributed by atoms with Crippen LogP contribution < -0.4 is 19.4 Å². The predicted octanol–water partition coefficient (Wildman–Crippen LogP) is 1.74. The average molecular weight is 560 g/mol. The summed E-state index contributed by atoms with van der Waals surface area (Å²) in [6.45, 7) is 0. The van der Waals surface area contributed by atoms with Gasteiger partial charge in [-0.2, -0.15) is 21.6 Å². The Morgan fingerprint density at radius 3 is 1.89 bits per heavy atom. The van der Waals surface area contributed by atoms with Gasteiger partial charge < -0.3 is 9.92 Å². The number of aryl methyl sites for hydroxylation is 1. The van der Waals surface area contributed by atoms with Crippen molar-refractivity contribution in [2.45, 2.75) is 18.3 Å². The van der Waals surface area contributed by atoms with Crippen molar-refractivity contribution in [3.8, 4) is 16.9 Å². The van der Waals surface area contributed by atoms with Gasteiger partial charge in [0.2, 0.25) is 26.0 Å². The fourth-order valence-electron chi connectivity index (χ4n) is 2.85. The first kappa shape index (κ1) is 28.2. The number of benzene rings is 2. The Balaban J connectivity index is 2.81. The summed E-state index contributed by atoms with van der Waals surface area (Å²) < 4.78 is 118. The van der Waals surface area contributed by atoms with E-state index < -0.39 is 47.3 Å². The van der Waals surface area contributed by atoms with Gasteiger partial charge in [-0.3, -0.25) is 14.2 Å². The number of sulfonamides is 2. The molecule has 0 fully saturated rings. The number of halogens is 3. The molecule has 0 aromatic heterocycles. The van der Waals surface area contributed by atoms with Crippen LogP contribution in [0.25, 0.3) is 11.1 Å². The largest absolute Gasteiger partial charge is 0.534 e. The van der Waals surface area contributed by atoms with Crippen LogP contribution in [0.4, 0.5) is 24.5 Å². The molecule has 2 rings (SSSR count). The maximum absolute atomic E-state index is 13.1. The van der Waals surface area contributed by atoms with E-state index in [-0.39, 0.29) is 40.9 Å². The first-order valence-corrected chi connectivity index (χ1v) is 14.5. The number of hydrogen-bond acceptors (Lipinski definition) is 8. The van der Waals surface area contributed by atoms with Crippen LogP contribution in [0.3, 0.4) is 0 Å². The number of carbonyl (C=O) groups is 1. The van der Waals surface area contributed by atoms with E-state index in [2.05, 4.69) is 13.6 Å². The molecule has 194 valence electrons. The molecule has 0 unspecified atom stereocenters. The van der Waals surface area contributed by atoms with Crippen LogP contribution >= 0.6 is 0 Å². The maximum atomic E-state index is 13.1. The lowest BCUT2D eigenvalue weighted by Crippen LogP contribution is -2.28. The molecule has 4 N–H and O–H groups in total. The van der Waals surface area contributed by atoms with Crippen molar-refractivity contribution in [1.82, 2.24) is 0 Å². The molecule has 0 bridgehead atoms. The molecule has 2 aromatic carbocycles. The van der Waals surface area contributed by atoms with Crippen molar-refractivity contribution >= 4 is 47.4 Å². The molecule has 0 saturated heterocycles. The van der Waals surface area contributed by atoms with Gasteiger partial charge in [0.05, 0.1) is 23.9 Å². The van der Waals surface area contributed by atoms with Gasteiger partial charge in [0.1, 0.15) is 0 Å². The van der Waals surface area contributed by atoms with Gasteiger partial charge in [0, 0.05) is 12.0 Å². The molecule has 11 nitrogen and oxygen atoms in total. The van der Waals surface area contributed by atoms with Crippen LogP contribution in [0.15, 0.2) is 36.4 Å². The zero-order valence-corrected chi connectivity index (χ0v) is 20.5. The summed E-state index contributed by atoms with van der Waals surface area (Å²) in [4.78, 5) is 11.2. The molecule has 0 heterocycles. The molecular weight excluding hydrogens is 539 g/mol. The molecule has 0 atom stereocenters. The third kappa shape index (κ3) is 8.29. The van der Waals surface area contributed by atoms with Gasteiger partial charge in [0.15, 0.2) is 5.75 Å². The third-order valence-corrected chi connectivity index (χ3v) is 6.23. The van der Waals surface area contributed by atoms with Crippen molar-refractivity contribution in [3.63, 3.8) is 0 Å². The Morgan fingerprint density at radius 2 is 1.46 bits per heavy atom. The van der Waals surface area contributed by atoms with Crippen molar-refractivity contribution in [2.75, 3.05) is 22.0 Å². The number of alkyl halides is 3. The smallest absolute Gasteiger partial charge is 0.375 e. The molecule has 0 aliphatic carbocycles. The van der Waals surface area contributed by atoms with E-state index in [0.717, 1.165) is 30.7 Å². The van der Waals surface area contributed by atoms with Gasteiger partial charge >= 0.3 is 15.6 Å². The van der Waals surface area contributed by atoms with Gasteiger partial charge in [0.25, 0.3) is 0 Å². The number of primary amides is 1. The molecular formula is C18H20F3N3O8S3. The van der Waals surface area contributed by atoms with E-state index in [0.29, 0.717) is 0 Å². The number of para-hydroxylation sites is 1. The zero-order chi connectivity index (χ0) is 26.8. The van der Waals surface area contributed by atoms with Crippen molar-refractivity contribution in [3.05, 3.63) is 42.0 Å². The normalized spacial score (nSPS) is 12.7. The topological polar surface area (TPSA) is 179 Å². The summed E-state index contributed by atoms with van der Waals surface area (Å²) in [5.41, 5.74) is -1.60. The summed E-state index contributed by atoms with van der Waals surface area (Å²) >= 11 is 0. The lowest BCUT2D eigenvalue weighted by atomic mass is 9.98. The standard InChI is InChI=1S/C18H20F3N3O8S3/c1-33(26,27)23-13-8-12(9-14(10-13)24-34(2,28)29)15-5-3-4-11(6-7-16(22)25)17(15)32-35(30,31)18(19,20)21/h3-5,8-10,23-24H,6-7H2,1-2H3,(H2,22,25). The minimum atomic E-state index is -6.16. The van der Waals surface area contributed by atoms with E-state index in [1.807, 2.05) is 0 Å². The van der Waals surface area contributed by atoms with Crippen LogP contribution in [0, 0.1) is 0 Å². The highest BCUT2D eigenvalue weighted by Gasteiger charge is 2.49. The Labute approximate surface area is 199 Å². The third-order valence-electron chi connectivity index (χ3n) is 4.06. The summed E-state index contributed by atoms with van der Waals surface area (Å²) in [5.74, 6) is -1.62. The molecule has 0 aliphatic heterocycles. The van der Waals surface area contributed by atoms with E-state index >= 15 is 0 Å². The van der Waals surface area contributed by atoms with Crippen LogP contribution in [0.5, 0.6) is 5.75 Å². The predicted molar refractivity (Wildman–Crippen MR) is 122 cm³/mol. The Morgan fingerprint density at radius 1 is 0.943 bits per heavy atom. The van der Waals surface area contributed by atoms with Gasteiger partial charge in [-0.1, -0.05) is 18.2 Å². The molecule has 0 radical (unpaired) electrons. The maximum Gasteiger partial charge on any atom is 0.534 e. The monoisotopic (exact) mass is 559 g/mol. The molecule has 0 aliphatic rings. The molecule has 35 heavy (non-hydrogen) atoms. The van der Waals surface area contributed by atoms with Crippen molar-refractivity contribution in [1.29, 1.82) is 0 Å². The second-order valence-corrected chi connectivity index (χ2v) is 12.3. The summed E-state index contributed by atoms with van der Waals surface area (Å²) in [6, 6.07) is 7.03. The molecule has 0 spiro atoms. The first-order valence-electron chi connectivity index (χ1n) is 9.29. The SMILES string of the molecule is CS(=O)(=O)Nc1cc(NS(C)(=O)=O)cc(-c2cccc(CCC(N)=O)c2OS(=O)(=O)C(F)(F)F)c1. The second kappa shape index (κ2) is 9.90. The fraction of sp³-hybridized carbons (Fsp3) is 0.278. The van der Waals surface area contributed by atoms with E-state index in [1.165, 1.54) is 18.2 Å². The molecule has 0 saturated carbocycles. The molecule has 1 amide bonds. The van der Waals surface area contributed by atoms with Gasteiger partial charge in [-0.25, -0.2) is 16.8 Å². The Bertz CT molecular complexity index is 1400. The quantitative estimate of drug-likeness (QED) is 0.291. The van der Waals surface area contributed by atoms with E-state index in [4.69, 9.17) is 5.73 Å². The summed E-state index contributed by atoms with van der Waals surface area (Å²) in [7, 11) is -13.9. The van der Waals surface area contributed by atoms with Crippen LogP contribution in [-0.4, -0.2) is 49.2 Å². The number of carbonyl (C=O) groups excluding carboxylic acids is 1. The number of anilines is 2. The Kier molecular flexibility index (Phi) is 7.98. The van der Waals surface area contributed by atoms with Crippen molar-refractivity contribution < 1.29 is 47.4 Å². The van der Waals surface area contributed by atoms with Gasteiger partial charge in [-0.05, 0) is 35.7 Å². The molecule has 2 aromatic rings. The highest BCUT2D eigenvalue weighted by molar-refractivity contribution is 7.92. The van der Waals surface area contributed by atoms with E-state index in [1.54, 1.807) is 0 Å². The Hall–Kier alpha value is -3.05. The van der Waals surface area contributed by atoms with Gasteiger partial charge in [-0.15, -0.1) is 0 Å². The lowest BCUT2D eigenvalue weighted by Gasteiger charge is -2.18. The minimum Gasteiger partial charge on any atom is -0.375 e. The average Bonchev–Trinajstić information content (AvgIpc) is 2.62. The minimum absolute atomic E-state index is 0.113. The lowest BCUT2D eigenvalue weighted by molar-refractivity contribution is -0.118. The second-order valence-electron chi connectivity index (χ2n) is 7.29. The number of amides is 1. The molecule has 17 heteroatoms. The fourth-order valence-corrected chi connectivity index (χ4v) is 4.45. The summed E-state index contributed by atoms with van der Waals surface area (Å²) in [6.07, 6.45) is 0.959. The highest BCUT2D eigenvalue weighted by Crippen LogP contribution is 2.39.